The van der Waals surface area contributed by atoms with Gasteiger partial charge in [-0.15, -0.1) is 0 Å². The van der Waals surface area contributed by atoms with Gasteiger partial charge in [0, 0.05) is 42.4 Å². The third-order valence-corrected chi connectivity index (χ3v) is 7.78. The number of piperidine rings is 1. The zero-order chi connectivity index (χ0) is 25.8. The highest BCUT2D eigenvalue weighted by Crippen LogP contribution is 2.39. The predicted molar refractivity (Wildman–Crippen MR) is 136 cm³/mol. The van der Waals surface area contributed by atoms with Crippen molar-refractivity contribution in [2.75, 3.05) is 0 Å². The molecule has 2 unspecified atom stereocenters. The maximum Gasteiger partial charge on any atom is 0.254 e. The molecule has 2 N–H and O–H groups in total. The first-order valence-corrected chi connectivity index (χ1v) is 12.4. The molecule has 186 valence electrons. The Morgan fingerprint density at radius 1 is 1.00 bits per heavy atom. The van der Waals surface area contributed by atoms with Crippen LogP contribution in [0.1, 0.15) is 41.6 Å². The summed E-state index contributed by atoms with van der Waals surface area (Å²) >= 11 is 0. The van der Waals surface area contributed by atoms with Crippen molar-refractivity contribution in [1.82, 2.24) is 14.5 Å². The van der Waals surface area contributed by atoms with E-state index >= 15 is 4.39 Å². The number of imidazole rings is 1. The quantitative estimate of drug-likeness (QED) is 0.424. The van der Waals surface area contributed by atoms with E-state index in [1.54, 1.807) is 48.3 Å². The Morgan fingerprint density at radius 2 is 1.76 bits per heavy atom. The number of amides is 1. The minimum Gasteiger partial charge on any atom is -0.334 e. The molecule has 0 spiro atoms. The Hall–Kier alpha value is -4.09. The molecule has 2 bridgehead atoms. The highest BCUT2D eigenvalue weighted by molar-refractivity contribution is 5.99. The third kappa shape index (κ3) is 3.87. The molecule has 0 saturated carbocycles. The van der Waals surface area contributed by atoms with Gasteiger partial charge in [0.1, 0.15) is 17.7 Å². The minimum absolute atomic E-state index is 0.0835. The molecular weight excluding hydrogens is 472 g/mol. The van der Waals surface area contributed by atoms with Crippen molar-refractivity contribution in [3.63, 3.8) is 0 Å². The van der Waals surface area contributed by atoms with E-state index in [4.69, 9.17) is 5.73 Å². The number of fused-ring (bicyclic) bond motifs is 3. The van der Waals surface area contributed by atoms with Crippen molar-refractivity contribution in [3.05, 3.63) is 77.6 Å². The first-order chi connectivity index (χ1) is 17.8. The first kappa shape index (κ1) is 23.3. The molecule has 6 rings (SSSR count). The molecule has 37 heavy (non-hydrogen) atoms. The van der Waals surface area contributed by atoms with E-state index in [9.17, 15) is 14.4 Å². The lowest BCUT2D eigenvalue weighted by molar-refractivity contribution is 0.0575. The lowest BCUT2D eigenvalue weighted by Gasteiger charge is -2.38. The topological polar surface area (TPSA) is 87.9 Å². The van der Waals surface area contributed by atoms with Crippen LogP contribution in [0.15, 0.2) is 54.9 Å². The fourth-order valence-corrected chi connectivity index (χ4v) is 5.98. The number of aryl methyl sites for hydroxylation is 1. The normalized spacial score (nSPS) is 20.8. The highest BCUT2D eigenvalue weighted by Gasteiger charge is 2.42. The largest absolute Gasteiger partial charge is 0.334 e. The van der Waals surface area contributed by atoms with Crippen LogP contribution < -0.4 is 5.73 Å². The standard InChI is InChI=1S/C29H25F2N5O/c1-35-15-34-27-12-24(26(31)13-28(27)35)22-7-4-17(8-23(22)16-2-3-18(14-32)25(30)9-16)29(37)36-20-5-6-21(36)11-19(33)10-20/h2-4,7-9,12-13,15,19-21H,5-6,10-11,33H2,1H3. The van der Waals surface area contributed by atoms with Gasteiger partial charge < -0.3 is 15.2 Å². The Kier molecular flexibility index (Phi) is 5.54. The molecule has 4 aromatic rings. The van der Waals surface area contributed by atoms with Gasteiger partial charge in [-0.2, -0.15) is 5.26 Å². The van der Waals surface area contributed by atoms with Crippen LogP contribution in [0.2, 0.25) is 0 Å². The van der Waals surface area contributed by atoms with Crippen LogP contribution >= 0.6 is 0 Å². The lowest BCUT2D eigenvalue weighted by atomic mass is 9.90. The van der Waals surface area contributed by atoms with Crippen LogP contribution in [0.3, 0.4) is 0 Å². The Labute approximate surface area is 212 Å². The van der Waals surface area contributed by atoms with Gasteiger partial charge in [-0.05, 0) is 72.7 Å². The lowest BCUT2D eigenvalue weighted by Crippen LogP contribution is -2.50. The maximum atomic E-state index is 15.4. The number of carbonyl (C=O) groups is 1. The van der Waals surface area contributed by atoms with E-state index in [0.717, 1.165) is 25.7 Å². The molecule has 0 aliphatic carbocycles. The molecule has 3 aromatic carbocycles. The van der Waals surface area contributed by atoms with Gasteiger partial charge in [0.15, 0.2) is 0 Å². The van der Waals surface area contributed by atoms with Gasteiger partial charge in [-0.25, -0.2) is 13.8 Å². The van der Waals surface area contributed by atoms with E-state index in [1.807, 2.05) is 11.0 Å². The number of hydrogen-bond acceptors (Lipinski definition) is 4. The number of rotatable bonds is 3. The fraction of sp³-hybridized carbons (Fsp3) is 0.276. The van der Waals surface area contributed by atoms with Crippen molar-refractivity contribution in [2.24, 2.45) is 12.8 Å². The predicted octanol–water partition coefficient (Wildman–Crippen LogP) is 5.15. The summed E-state index contributed by atoms with van der Waals surface area (Å²) in [6.07, 6.45) is 5.05. The number of carbonyl (C=O) groups excluding carboxylic acids is 1. The number of nitrogens with zero attached hydrogens (tertiary/aromatic N) is 4. The molecule has 2 fully saturated rings. The summed E-state index contributed by atoms with van der Waals surface area (Å²) in [5, 5.41) is 9.18. The molecule has 2 atom stereocenters. The molecule has 0 radical (unpaired) electrons. The molecule has 8 heteroatoms. The Bertz CT molecular complexity index is 1590. The smallest absolute Gasteiger partial charge is 0.254 e. The maximum absolute atomic E-state index is 15.4. The summed E-state index contributed by atoms with van der Waals surface area (Å²) in [4.78, 5) is 20.0. The number of halogens is 2. The number of aromatic nitrogens is 2. The molecule has 6 nitrogen and oxygen atoms in total. The number of benzene rings is 3. The van der Waals surface area contributed by atoms with Gasteiger partial charge in [-0.1, -0.05) is 12.1 Å². The molecule has 2 aliphatic heterocycles. The third-order valence-electron chi connectivity index (χ3n) is 7.78. The van der Waals surface area contributed by atoms with E-state index in [1.165, 1.54) is 18.2 Å². The van der Waals surface area contributed by atoms with Crippen molar-refractivity contribution in [3.8, 4) is 28.3 Å². The van der Waals surface area contributed by atoms with E-state index in [-0.39, 0.29) is 29.6 Å². The highest BCUT2D eigenvalue weighted by atomic mass is 19.1. The molecule has 2 saturated heterocycles. The van der Waals surface area contributed by atoms with Crippen LogP contribution in [-0.4, -0.2) is 38.5 Å². The van der Waals surface area contributed by atoms with Gasteiger partial charge in [0.2, 0.25) is 0 Å². The summed E-state index contributed by atoms with van der Waals surface area (Å²) in [7, 11) is 1.79. The Morgan fingerprint density at radius 3 is 2.46 bits per heavy atom. The van der Waals surface area contributed by atoms with Crippen molar-refractivity contribution < 1.29 is 13.6 Å². The summed E-state index contributed by atoms with van der Waals surface area (Å²) < 4.78 is 31.8. The number of nitriles is 1. The molecule has 3 heterocycles. The molecule has 1 aromatic heterocycles. The van der Waals surface area contributed by atoms with E-state index in [2.05, 4.69) is 4.98 Å². The number of hydrogen-bond donors (Lipinski definition) is 1. The SMILES string of the molecule is Cn1cnc2cc(-c3ccc(C(=O)N4C5CCC4CC(N)C5)cc3-c3ccc(C#N)c(F)c3)c(F)cc21. The molecule has 2 aliphatic rings. The van der Waals surface area contributed by atoms with Gasteiger partial charge in [0.05, 0.1) is 22.9 Å². The van der Waals surface area contributed by atoms with Crippen LogP contribution in [0.25, 0.3) is 33.3 Å². The summed E-state index contributed by atoms with van der Waals surface area (Å²) in [6, 6.07) is 14.6. The van der Waals surface area contributed by atoms with Gasteiger partial charge >= 0.3 is 0 Å². The zero-order valence-corrected chi connectivity index (χ0v) is 20.3. The zero-order valence-electron chi connectivity index (χ0n) is 20.3. The molecule has 1 amide bonds. The van der Waals surface area contributed by atoms with Gasteiger partial charge in [0.25, 0.3) is 5.91 Å². The first-order valence-electron chi connectivity index (χ1n) is 12.4. The van der Waals surface area contributed by atoms with Crippen LogP contribution in [0.5, 0.6) is 0 Å². The summed E-state index contributed by atoms with van der Waals surface area (Å²) in [6.45, 7) is 0. The van der Waals surface area contributed by atoms with Crippen molar-refractivity contribution in [1.29, 1.82) is 5.26 Å². The summed E-state index contributed by atoms with van der Waals surface area (Å²) in [5.41, 5.74) is 9.60. The second-order valence-electron chi connectivity index (χ2n) is 10.1. The van der Waals surface area contributed by atoms with Crippen LogP contribution in [-0.2, 0) is 7.05 Å². The van der Waals surface area contributed by atoms with Crippen LogP contribution in [0, 0.1) is 23.0 Å². The van der Waals surface area contributed by atoms with Crippen molar-refractivity contribution in [2.45, 2.75) is 43.8 Å². The monoisotopic (exact) mass is 497 g/mol. The van der Waals surface area contributed by atoms with E-state index < -0.39 is 11.6 Å². The second kappa shape index (κ2) is 8.79. The minimum atomic E-state index is -0.675. The average molecular weight is 498 g/mol. The van der Waals surface area contributed by atoms with Crippen LogP contribution in [0.4, 0.5) is 8.78 Å². The van der Waals surface area contributed by atoms with Crippen molar-refractivity contribution >= 4 is 16.9 Å². The number of nitrogens with two attached hydrogens (primary N) is 1. The summed E-state index contributed by atoms with van der Waals surface area (Å²) in [5.74, 6) is -1.22. The average Bonchev–Trinajstić information content (AvgIpc) is 3.38. The second-order valence-corrected chi connectivity index (χ2v) is 10.1. The Balaban J connectivity index is 1.50. The fourth-order valence-electron chi connectivity index (χ4n) is 5.98. The van der Waals surface area contributed by atoms with Gasteiger partial charge in [-0.3, -0.25) is 4.79 Å². The molecular formula is C29H25F2N5O. The van der Waals surface area contributed by atoms with E-state index in [0.29, 0.717) is 38.9 Å².